The monoisotopic (exact) mass is 530 g/mol. The zero-order valence-electron chi connectivity index (χ0n) is 23.3. The van der Waals surface area contributed by atoms with Crippen LogP contribution in [0.2, 0.25) is 0 Å². The lowest BCUT2D eigenvalue weighted by Crippen LogP contribution is -2.49. The number of piperazine rings is 1. The van der Waals surface area contributed by atoms with Crippen molar-refractivity contribution in [2.45, 2.75) is 33.6 Å². The van der Waals surface area contributed by atoms with Crippen molar-refractivity contribution in [1.82, 2.24) is 24.6 Å². The van der Waals surface area contributed by atoms with E-state index in [4.69, 9.17) is 15.1 Å². The number of carbonyl (C=O) groups excluding carboxylic acids is 1. The Hall–Kier alpha value is -4.52. The van der Waals surface area contributed by atoms with Gasteiger partial charge in [-0.05, 0) is 55.7 Å². The van der Waals surface area contributed by atoms with Crippen molar-refractivity contribution in [3.63, 3.8) is 0 Å². The largest absolute Gasteiger partial charge is 0.352 e. The number of benzene rings is 3. The normalized spacial score (nSPS) is 13.7. The molecule has 0 radical (unpaired) electrons. The van der Waals surface area contributed by atoms with Crippen molar-refractivity contribution in [2.75, 3.05) is 31.1 Å². The number of para-hydroxylation sites is 1. The van der Waals surface area contributed by atoms with Crippen LogP contribution in [0.15, 0.2) is 78.9 Å². The summed E-state index contributed by atoms with van der Waals surface area (Å²) in [7, 11) is 0. The molecule has 0 unspecified atom stereocenters. The summed E-state index contributed by atoms with van der Waals surface area (Å²) in [6.07, 6.45) is 1.60. The third-order valence-electron chi connectivity index (χ3n) is 7.69. The van der Waals surface area contributed by atoms with E-state index in [0.717, 1.165) is 46.0 Å². The SMILES string of the molecule is CCc1ccc(C(=O)N2CCN(c3nc(Cc4ccc(C)cc4)nc4c3c(C)nn4-c3ccccc3)CC2)cc1. The van der Waals surface area contributed by atoms with E-state index in [1.807, 2.05) is 71.1 Å². The highest BCUT2D eigenvalue weighted by molar-refractivity contribution is 5.95. The standard InChI is InChI=1S/C33H34N6O/c1-4-25-14-16-27(17-15-25)33(40)38-20-18-37(19-21-38)31-30-24(3)36-39(28-8-6-5-7-9-28)32(30)35-29(34-31)22-26-12-10-23(2)11-13-26/h5-17H,4,18-22H2,1-3H3. The van der Waals surface area contributed by atoms with Gasteiger partial charge in [0.15, 0.2) is 5.65 Å². The predicted molar refractivity (Wildman–Crippen MR) is 159 cm³/mol. The Balaban J connectivity index is 1.33. The van der Waals surface area contributed by atoms with Gasteiger partial charge in [0.1, 0.15) is 11.6 Å². The molecule has 0 bridgehead atoms. The molecular weight excluding hydrogens is 496 g/mol. The van der Waals surface area contributed by atoms with Gasteiger partial charge in [-0.15, -0.1) is 0 Å². The number of hydrogen-bond donors (Lipinski definition) is 0. The maximum Gasteiger partial charge on any atom is 0.253 e. The topological polar surface area (TPSA) is 67.2 Å². The first kappa shape index (κ1) is 25.7. The summed E-state index contributed by atoms with van der Waals surface area (Å²) in [6, 6.07) is 26.6. The lowest BCUT2D eigenvalue weighted by atomic mass is 10.1. The summed E-state index contributed by atoms with van der Waals surface area (Å²) in [5.41, 5.74) is 7.05. The van der Waals surface area contributed by atoms with Crippen molar-refractivity contribution in [3.05, 3.63) is 113 Å². The number of amides is 1. The first-order chi connectivity index (χ1) is 19.5. The smallest absolute Gasteiger partial charge is 0.253 e. The molecule has 1 amide bonds. The molecule has 7 heteroatoms. The molecule has 0 spiro atoms. The zero-order chi connectivity index (χ0) is 27.6. The van der Waals surface area contributed by atoms with Gasteiger partial charge in [0, 0.05) is 38.2 Å². The van der Waals surface area contributed by atoms with Crippen LogP contribution in [0.25, 0.3) is 16.7 Å². The molecule has 202 valence electrons. The number of rotatable bonds is 6. The fourth-order valence-corrected chi connectivity index (χ4v) is 5.34. The Morgan fingerprint density at radius 1 is 0.800 bits per heavy atom. The number of nitrogens with zero attached hydrogens (tertiary/aromatic N) is 6. The fraction of sp³-hybridized carbons (Fsp3) is 0.273. The Morgan fingerprint density at radius 3 is 2.15 bits per heavy atom. The first-order valence-corrected chi connectivity index (χ1v) is 14.0. The number of aryl methyl sites for hydroxylation is 3. The second-order valence-electron chi connectivity index (χ2n) is 10.5. The number of fused-ring (bicyclic) bond motifs is 1. The van der Waals surface area contributed by atoms with Crippen LogP contribution in [0.4, 0.5) is 5.82 Å². The van der Waals surface area contributed by atoms with Gasteiger partial charge in [-0.1, -0.05) is 67.1 Å². The molecule has 6 rings (SSSR count). The molecule has 2 aromatic heterocycles. The average molecular weight is 531 g/mol. The summed E-state index contributed by atoms with van der Waals surface area (Å²) in [4.78, 5) is 27.6. The molecule has 7 nitrogen and oxygen atoms in total. The fourth-order valence-electron chi connectivity index (χ4n) is 5.34. The Kier molecular flexibility index (Phi) is 7.03. The average Bonchev–Trinajstić information content (AvgIpc) is 3.34. The van der Waals surface area contributed by atoms with Gasteiger partial charge in [0.05, 0.1) is 16.8 Å². The van der Waals surface area contributed by atoms with Crippen LogP contribution < -0.4 is 4.90 Å². The second-order valence-corrected chi connectivity index (χ2v) is 10.5. The highest BCUT2D eigenvalue weighted by Gasteiger charge is 2.27. The summed E-state index contributed by atoms with van der Waals surface area (Å²) in [5, 5.41) is 5.86. The van der Waals surface area contributed by atoms with Gasteiger partial charge in [0.25, 0.3) is 5.91 Å². The van der Waals surface area contributed by atoms with Gasteiger partial charge in [-0.3, -0.25) is 4.79 Å². The molecule has 3 heterocycles. The molecule has 0 aliphatic carbocycles. The molecule has 1 fully saturated rings. The molecule has 1 aliphatic rings. The summed E-state index contributed by atoms with van der Waals surface area (Å²) in [6.45, 7) is 8.91. The van der Waals surface area contributed by atoms with Crippen LogP contribution in [0.1, 0.15) is 45.5 Å². The number of aromatic nitrogens is 4. The van der Waals surface area contributed by atoms with E-state index in [-0.39, 0.29) is 5.91 Å². The third kappa shape index (κ3) is 5.07. The minimum atomic E-state index is 0.0864. The predicted octanol–water partition coefficient (Wildman–Crippen LogP) is 5.55. The molecule has 0 saturated carbocycles. The third-order valence-corrected chi connectivity index (χ3v) is 7.69. The van der Waals surface area contributed by atoms with Crippen LogP contribution in [0.3, 0.4) is 0 Å². The van der Waals surface area contributed by atoms with Crippen LogP contribution in [-0.2, 0) is 12.8 Å². The maximum absolute atomic E-state index is 13.2. The van der Waals surface area contributed by atoms with Crippen molar-refractivity contribution in [3.8, 4) is 5.69 Å². The molecule has 0 N–H and O–H groups in total. The van der Waals surface area contributed by atoms with Crippen LogP contribution >= 0.6 is 0 Å². The van der Waals surface area contributed by atoms with E-state index in [1.165, 1.54) is 16.7 Å². The number of anilines is 1. The van der Waals surface area contributed by atoms with Crippen molar-refractivity contribution in [1.29, 1.82) is 0 Å². The molecule has 3 aromatic carbocycles. The highest BCUT2D eigenvalue weighted by Crippen LogP contribution is 2.30. The molecular formula is C33H34N6O. The zero-order valence-corrected chi connectivity index (χ0v) is 23.3. The minimum absolute atomic E-state index is 0.0864. The molecule has 40 heavy (non-hydrogen) atoms. The quantitative estimate of drug-likeness (QED) is 0.288. The Morgan fingerprint density at radius 2 is 1.48 bits per heavy atom. The van der Waals surface area contributed by atoms with Crippen molar-refractivity contribution < 1.29 is 4.79 Å². The Bertz CT molecular complexity index is 1630. The van der Waals surface area contributed by atoms with E-state index < -0.39 is 0 Å². The van der Waals surface area contributed by atoms with Gasteiger partial charge in [-0.2, -0.15) is 5.10 Å². The van der Waals surface area contributed by atoms with Crippen molar-refractivity contribution in [2.24, 2.45) is 0 Å². The van der Waals surface area contributed by atoms with E-state index in [9.17, 15) is 4.79 Å². The second kappa shape index (κ2) is 10.9. The van der Waals surface area contributed by atoms with Gasteiger partial charge in [-0.25, -0.2) is 14.6 Å². The van der Waals surface area contributed by atoms with Crippen molar-refractivity contribution >= 4 is 22.8 Å². The molecule has 1 aliphatic heterocycles. The molecule has 5 aromatic rings. The lowest BCUT2D eigenvalue weighted by molar-refractivity contribution is 0.0746. The van der Waals surface area contributed by atoms with Gasteiger partial charge in [0.2, 0.25) is 0 Å². The van der Waals surface area contributed by atoms with Gasteiger partial charge < -0.3 is 9.80 Å². The lowest BCUT2D eigenvalue weighted by Gasteiger charge is -2.36. The van der Waals surface area contributed by atoms with Crippen LogP contribution in [0, 0.1) is 13.8 Å². The number of hydrogen-bond acceptors (Lipinski definition) is 5. The van der Waals surface area contributed by atoms with Gasteiger partial charge >= 0.3 is 0 Å². The van der Waals surface area contributed by atoms with E-state index in [2.05, 4.69) is 43.0 Å². The summed E-state index contributed by atoms with van der Waals surface area (Å²) in [5.74, 6) is 1.74. The summed E-state index contributed by atoms with van der Waals surface area (Å²) >= 11 is 0. The van der Waals surface area contributed by atoms with Crippen LogP contribution in [0.5, 0.6) is 0 Å². The molecule has 0 atom stereocenters. The minimum Gasteiger partial charge on any atom is -0.352 e. The molecule has 1 saturated heterocycles. The Labute approximate surface area is 235 Å². The van der Waals surface area contributed by atoms with E-state index in [0.29, 0.717) is 32.6 Å². The van der Waals surface area contributed by atoms with E-state index in [1.54, 1.807) is 0 Å². The maximum atomic E-state index is 13.2. The first-order valence-electron chi connectivity index (χ1n) is 14.0. The highest BCUT2D eigenvalue weighted by atomic mass is 16.2. The van der Waals surface area contributed by atoms with E-state index >= 15 is 0 Å². The number of carbonyl (C=O) groups is 1. The van der Waals surface area contributed by atoms with Crippen LogP contribution in [-0.4, -0.2) is 56.7 Å². The summed E-state index contributed by atoms with van der Waals surface area (Å²) < 4.78 is 1.92.